The summed E-state index contributed by atoms with van der Waals surface area (Å²) in [6, 6.07) is 21.2. The third-order valence-corrected chi connectivity index (χ3v) is 6.22. The molecule has 1 N–H and O–H groups in total. The molecule has 0 aromatic heterocycles. The Hall–Kier alpha value is -4.26. The molecule has 1 aliphatic rings. The van der Waals surface area contributed by atoms with Crippen molar-refractivity contribution in [2.45, 2.75) is 45.9 Å². The summed E-state index contributed by atoms with van der Waals surface area (Å²) in [5.41, 5.74) is 2.08. The van der Waals surface area contributed by atoms with Gasteiger partial charge >= 0.3 is 0 Å². The molecule has 0 saturated carbocycles. The van der Waals surface area contributed by atoms with Gasteiger partial charge < -0.3 is 24.2 Å². The number of likely N-dealkylation sites (tertiary alicyclic amines) is 1. The number of aliphatic hydroxyl groups excluding tert-OH is 1. The van der Waals surface area contributed by atoms with Gasteiger partial charge in [0.15, 0.2) is 11.5 Å². The van der Waals surface area contributed by atoms with Crippen LogP contribution in [0.25, 0.3) is 5.76 Å². The highest BCUT2D eigenvalue weighted by atomic mass is 16.5. The van der Waals surface area contributed by atoms with Gasteiger partial charge in [-0.1, -0.05) is 55.5 Å². The molecular weight excluding hydrogens is 482 g/mol. The first-order chi connectivity index (χ1) is 18.3. The number of methoxy groups -OCH3 is 1. The highest BCUT2D eigenvalue weighted by Crippen LogP contribution is 2.42. The van der Waals surface area contributed by atoms with E-state index in [0.29, 0.717) is 47.9 Å². The molecule has 1 unspecified atom stereocenters. The van der Waals surface area contributed by atoms with E-state index in [2.05, 4.69) is 0 Å². The second-order valence-corrected chi connectivity index (χ2v) is 9.37. The number of Topliss-reactive ketones (excluding diaryl/α,β-unsaturated/α-hetero) is 1. The fourth-order valence-corrected chi connectivity index (χ4v) is 4.55. The quantitative estimate of drug-likeness (QED) is 0.206. The number of ether oxygens (including phenoxy) is 3. The lowest BCUT2D eigenvalue weighted by Gasteiger charge is -2.25. The molecule has 7 heteroatoms. The molecule has 1 atom stereocenters. The average molecular weight is 516 g/mol. The minimum atomic E-state index is -0.776. The summed E-state index contributed by atoms with van der Waals surface area (Å²) in [6.45, 7) is 6.47. The van der Waals surface area contributed by atoms with Crippen LogP contribution >= 0.6 is 0 Å². The Kier molecular flexibility index (Phi) is 8.36. The van der Waals surface area contributed by atoms with Crippen molar-refractivity contribution in [2.75, 3.05) is 13.7 Å². The van der Waals surface area contributed by atoms with E-state index in [1.807, 2.05) is 51.1 Å². The molecule has 0 radical (unpaired) electrons. The Morgan fingerprint density at radius 1 is 0.974 bits per heavy atom. The largest absolute Gasteiger partial charge is 0.507 e. The second kappa shape index (κ2) is 11.9. The van der Waals surface area contributed by atoms with Crippen LogP contribution in [0.3, 0.4) is 0 Å². The van der Waals surface area contributed by atoms with Crippen LogP contribution in [0.4, 0.5) is 0 Å². The minimum Gasteiger partial charge on any atom is -0.507 e. The van der Waals surface area contributed by atoms with Gasteiger partial charge in [-0.2, -0.15) is 0 Å². The van der Waals surface area contributed by atoms with E-state index in [1.54, 1.807) is 42.5 Å². The zero-order chi connectivity index (χ0) is 27.2. The third-order valence-electron chi connectivity index (χ3n) is 6.22. The first kappa shape index (κ1) is 26.8. The number of carbonyl (C=O) groups excluding carboxylic acids is 2. The Balaban J connectivity index is 1.75. The molecule has 1 amide bonds. The van der Waals surface area contributed by atoms with Crippen LogP contribution in [-0.2, 0) is 16.2 Å². The van der Waals surface area contributed by atoms with Gasteiger partial charge in [-0.3, -0.25) is 9.59 Å². The normalized spacial score (nSPS) is 16.7. The summed E-state index contributed by atoms with van der Waals surface area (Å²) in [7, 11) is 1.54. The molecule has 0 bridgehead atoms. The lowest BCUT2D eigenvalue weighted by molar-refractivity contribution is -0.139. The Morgan fingerprint density at radius 2 is 1.74 bits per heavy atom. The number of carbonyl (C=O) groups is 2. The molecular formula is C31H33NO6. The zero-order valence-electron chi connectivity index (χ0n) is 22.1. The summed E-state index contributed by atoms with van der Waals surface area (Å²) in [5.74, 6) is -0.0516. The summed E-state index contributed by atoms with van der Waals surface area (Å²) in [5, 5.41) is 11.3. The van der Waals surface area contributed by atoms with Gasteiger partial charge in [-0.15, -0.1) is 0 Å². The molecule has 198 valence electrons. The molecule has 1 heterocycles. The lowest BCUT2D eigenvalue weighted by atomic mass is 9.95. The highest BCUT2D eigenvalue weighted by molar-refractivity contribution is 6.46. The summed E-state index contributed by atoms with van der Waals surface area (Å²) in [6.07, 6.45) is 0.592. The smallest absolute Gasteiger partial charge is 0.295 e. The van der Waals surface area contributed by atoms with Gasteiger partial charge in [0.1, 0.15) is 18.1 Å². The van der Waals surface area contributed by atoms with Crippen LogP contribution < -0.4 is 14.2 Å². The number of rotatable bonds is 10. The van der Waals surface area contributed by atoms with Crippen molar-refractivity contribution in [3.63, 3.8) is 0 Å². The molecule has 1 fully saturated rings. The Bertz CT molecular complexity index is 1330. The molecule has 0 spiro atoms. The number of benzene rings is 3. The van der Waals surface area contributed by atoms with Crippen molar-refractivity contribution in [3.8, 4) is 17.2 Å². The van der Waals surface area contributed by atoms with Crippen LogP contribution in [0, 0.1) is 0 Å². The molecule has 3 aromatic rings. The zero-order valence-corrected chi connectivity index (χ0v) is 22.1. The average Bonchev–Trinajstić information content (AvgIpc) is 3.17. The standard InChI is InChI=1S/C31H33NO6/c1-5-16-32-28(22-14-15-25(26(18-22)36-4)37-19-21-10-7-6-8-11-21)27(30(34)31(32)35)29(33)23-12-9-13-24(17-23)38-20(2)3/h6-15,17-18,20,28,33H,5,16,19H2,1-4H3/b29-27-. The van der Waals surface area contributed by atoms with E-state index in [9.17, 15) is 14.7 Å². The van der Waals surface area contributed by atoms with Crippen LogP contribution in [0.15, 0.2) is 78.4 Å². The summed E-state index contributed by atoms with van der Waals surface area (Å²) >= 11 is 0. The van der Waals surface area contributed by atoms with E-state index in [4.69, 9.17) is 14.2 Å². The molecule has 1 saturated heterocycles. The maximum Gasteiger partial charge on any atom is 0.295 e. The molecule has 3 aromatic carbocycles. The van der Waals surface area contributed by atoms with Crippen molar-refractivity contribution < 1.29 is 28.9 Å². The predicted molar refractivity (Wildman–Crippen MR) is 145 cm³/mol. The summed E-state index contributed by atoms with van der Waals surface area (Å²) in [4.78, 5) is 27.8. The minimum absolute atomic E-state index is 0.0325. The monoisotopic (exact) mass is 515 g/mol. The lowest BCUT2D eigenvalue weighted by Crippen LogP contribution is -2.30. The Morgan fingerprint density at radius 3 is 2.42 bits per heavy atom. The molecule has 38 heavy (non-hydrogen) atoms. The highest BCUT2D eigenvalue weighted by Gasteiger charge is 2.46. The predicted octanol–water partition coefficient (Wildman–Crippen LogP) is 5.89. The van der Waals surface area contributed by atoms with Gasteiger partial charge in [-0.25, -0.2) is 0 Å². The van der Waals surface area contributed by atoms with E-state index < -0.39 is 17.7 Å². The number of nitrogens with zero attached hydrogens (tertiary/aromatic N) is 1. The van der Waals surface area contributed by atoms with Crippen LogP contribution in [0.2, 0.25) is 0 Å². The van der Waals surface area contributed by atoms with E-state index in [0.717, 1.165) is 5.56 Å². The van der Waals surface area contributed by atoms with Crippen LogP contribution in [-0.4, -0.2) is 41.5 Å². The van der Waals surface area contributed by atoms with Crippen molar-refractivity contribution in [3.05, 3.63) is 95.1 Å². The maximum atomic E-state index is 13.2. The maximum absolute atomic E-state index is 13.2. The number of amides is 1. The van der Waals surface area contributed by atoms with E-state index in [-0.39, 0.29) is 17.4 Å². The van der Waals surface area contributed by atoms with Gasteiger partial charge in [-0.05, 0) is 55.7 Å². The van der Waals surface area contributed by atoms with Gasteiger partial charge in [0.25, 0.3) is 11.7 Å². The molecule has 0 aliphatic carbocycles. The molecule has 7 nitrogen and oxygen atoms in total. The number of aliphatic hydroxyl groups is 1. The number of ketones is 1. The third kappa shape index (κ3) is 5.67. The first-order valence-electron chi connectivity index (χ1n) is 12.7. The van der Waals surface area contributed by atoms with Gasteiger partial charge in [0.05, 0.1) is 24.8 Å². The van der Waals surface area contributed by atoms with E-state index >= 15 is 0 Å². The van der Waals surface area contributed by atoms with Crippen LogP contribution in [0.1, 0.15) is 49.9 Å². The van der Waals surface area contributed by atoms with Crippen molar-refractivity contribution >= 4 is 17.4 Å². The van der Waals surface area contributed by atoms with E-state index in [1.165, 1.54) is 12.0 Å². The van der Waals surface area contributed by atoms with Crippen molar-refractivity contribution in [1.82, 2.24) is 4.90 Å². The second-order valence-electron chi connectivity index (χ2n) is 9.37. The first-order valence-corrected chi connectivity index (χ1v) is 12.7. The van der Waals surface area contributed by atoms with Crippen molar-refractivity contribution in [1.29, 1.82) is 0 Å². The van der Waals surface area contributed by atoms with Crippen LogP contribution in [0.5, 0.6) is 17.2 Å². The number of hydrogen-bond donors (Lipinski definition) is 1. The van der Waals surface area contributed by atoms with Gasteiger partial charge in [0.2, 0.25) is 0 Å². The SMILES string of the molecule is CCCN1C(=O)C(=O)/C(=C(\O)c2cccc(OC(C)C)c2)C1c1ccc(OCc2ccccc2)c(OC)c1. The van der Waals surface area contributed by atoms with Crippen molar-refractivity contribution in [2.24, 2.45) is 0 Å². The molecule has 1 aliphatic heterocycles. The fraction of sp³-hybridized carbons (Fsp3) is 0.290. The van der Waals surface area contributed by atoms with Gasteiger partial charge in [0, 0.05) is 12.1 Å². The Labute approximate surface area is 223 Å². The summed E-state index contributed by atoms with van der Waals surface area (Å²) < 4.78 is 17.4. The topological polar surface area (TPSA) is 85.3 Å². The molecule has 4 rings (SSSR count). The fourth-order valence-electron chi connectivity index (χ4n) is 4.55. The number of hydrogen-bond acceptors (Lipinski definition) is 6.